The SMILES string of the molecule is CCn1cnnc1C1CCN(c2cncc(OC3CCCCC3)n2)CC1. The summed E-state index contributed by atoms with van der Waals surface area (Å²) < 4.78 is 8.23. The van der Waals surface area contributed by atoms with Gasteiger partial charge >= 0.3 is 0 Å². The van der Waals surface area contributed by atoms with E-state index in [0.717, 1.165) is 57.0 Å². The van der Waals surface area contributed by atoms with Gasteiger partial charge in [0.15, 0.2) is 5.82 Å². The predicted octanol–water partition coefficient (Wildman–Crippen LogP) is 3.18. The van der Waals surface area contributed by atoms with Gasteiger partial charge in [0.05, 0.1) is 12.4 Å². The summed E-state index contributed by atoms with van der Waals surface area (Å²) in [6, 6.07) is 0. The third kappa shape index (κ3) is 3.81. The topological polar surface area (TPSA) is 69.0 Å². The van der Waals surface area contributed by atoms with E-state index in [1.807, 2.05) is 12.5 Å². The van der Waals surface area contributed by atoms with Crippen LogP contribution in [0.4, 0.5) is 5.82 Å². The molecule has 140 valence electrons. The van der Waals surface area contributed by atoms with Crippen LogP contribution in [0.1, 0.15) is 63.6 Å². The van der Waals surface area contributed by atoms with Crippen LogP contribution in [0.15, 0.2) is 18.7 Å². The van der Waals surface area contributed by atoms with Crippen molar-refractivity contribution < 1.29 is 4.74 Å². The quantitative estimate of drug-likeness (QED) is 0.819. The maximum atomic E-state index is 6.08. The van der Waals surface area contributed by atoms with Crippen molar-refractivity contribution in [2.45, 2.75) is 70.4 Å². The van der Waals surface area contributed by atoms with Gasteiger partial charge in [-0.1, -0.05) is 6.42 Å². The van der Waals surface area contributed by atoms with Gasteiger partial charge in [-0.05, 0) is 45.4 Å². The summed E-state index contributed by atoms with van der Waals surface area (Å²) in [6.45, 7) is 4.98. The molecule has 2 aromatic heterocycles. The van der Waals surface area contributed by atoms with Crippen LogP contribution in [-0.2, 0) is 6.54 Å². The lowest BCUT2D eigenvalue weighted by Crippen LogP contribution is -2.34. The molecule has 0 radical (unpaired) electrons. The van der Waals surface area contributed by atoms with E-state index < -0.39 is 0 Å². The Labute approximate surface area is 154 Å². The maximum absolute atomic E-state index is 6.08. The molecule has 1 aliphatic heterocycles. The average molecular weight is 356 g/mol. The fourth-order valence-corrected chi connectivity index (χ4v) is 4.09. The standard InChI is InChI=1S/C19H28N6O/c1-2-24-14-21-23-19(24)15-8-10-25(11-9-15)17-12-20-13-18(22-17)26-16-6-4-3-5-7-16/h12-16H,2-11H2,1H3. The molecule has 0 aromatic carbocycles. The normalized spacial score (nSPS) is 19.7. The minimum atomic E-state index is 0.305. The molecular weight excluding hydrogens is 328 g/mol. The van der Waals surface area contributed by atoms with Gasteiger partial charge in [-0.3, -0.25) is 4.98 Å². The highest BCUT2D eigenvalue weighted by molar-refractivity contribution is 5.38. The number of nitrogens with zero attached hydrogens (tertiary/aromatic N) is 6. The Bertz CT molecular complexity index is 704. The van der Waals surface area contributed by atoms with Gasteiger partial charge in [0.25, 0.3) is 0 Å². The zero-order valence-corrected chi connectivity index (χ0v) is 15.5. The van der Waals surface area contributed by atoms with Crippen LogP contribution in [-0.4, -0.2) is 43.9 Å². The van der Waals surface area contributed by atoms with Crippen molar-refractivity contribution in [3.8, 4) is 5.88 Å². The molecule has 0 unspecified atom stereocenters. The molecule has 0 N–H and O–H groups in total. The van der Waals surface area contributed by atoms with E-state index in [1.165, 1.54) is 19.3 Å². The minimum absolute atomic E-state index is 0.305. The third-order valence-electron chi connectivity index (χ3n) is 5.61. The summed E-state index contributed by atoms with van der Waals surface area (Å²) in [5, 5.41) is 8.41. The molecule has 4 rings (SSSR count). The number of ether oxygens (including phenoxy) is 1. The van der Waals surface area contributed by atoms with E-state index in [-0.39, 0.29) is 0 Å². The second-order valence-corrected chi connectivity index (χ2v) is 7.33. The largest absolute Gasteiger partial charge is 0.473 e. The molecule has 0 bridgehead atoms. The molecule has 7 heteroatoms. The summed E-state index contributed by atoms with van der Waals surface area (Å²) >= 11 is 0. The van der Waals surface area contributed by atoms with Crippen LogP contribution in [0.3, 0.4) is 0 Å². The lowest BCUT2D eigenvalue weighted by atomic mass is 9.96. The molecule has 1 aliphatic carbocycles. The van der Waals surface area contributed by atoms with Crippen molar-refractivity contribution >= 4 is 5.82 Å². The molecule has 0 atom stereocenters. The Balaban J connectivity index is 1.37. The zero-order valence-electron chi connectivity index (χ0n) is 15.5. The van der Waals surface area contributed by atoms with Gasteiger partial charge in [0, 0.05) is 25.6 Å². The van der Waals surface area contributed by atoms with Crippen LogP contribution in [0.2, 0.25) is 0 Å². The third-order valence-corrected chi connectivity index (χ3v) is 5.61. The number of rotatable bonds is 5. The number of hydrogen-bond acceptors (Lipinski definition) is 6. The molecule has 3 heterocycles. The molecule has 2 aromatic rings. The molecule has 0 amide bonds. The van der Waals surface area contributed by atoms with Crippen molar-refractivity contribution in [1.82, 2.24) is 24.7 Å². The highest BCUT2D eigenvalue weighted by Crippen LogP contribution is 2.29. The fourth-order valence-electron chi connectivity index (χ4n) is 4.09. The monoisotopic (exact) mass is 356 g/mol. The van der Waals surface area contributed by atoms with Crippen LogP contribution in [0, 0.1) is 0 Å². The second-order valence-electron chi connectivity index (χ2n) is 7.33. The van der Waals surface area contributed by atoms with Crippen molar-refractivity contribution in [2.24, 2.45) is 0 Å². The molecule has 2 fully saturated rings. The smallest absolute Gasteiger partial charge is 0.234 e. The van der Waals surface area contributed by atoms with Crippen molar-refractivity contribution in [2.75, 3.05) is 18.0 Å². The molecular formula is C19H28N6O. The number of hydrogen-bond donors (Lipinski definition) is 0. The first-order valence-electron chi connectivity index (χ1n) is 9.95. The predicted molar refractivity (Wildman–Crippen MR) is 99.4 cm³/mol. The van der Waals surface area contributed by atoms with E-state index in [9.17, 15) is 0 Å². The van der Waals surface area contributed by atoms with E-state index in [2.05, 4.69) is 31.6 Å². The minimum Gasteiger partial charge on any atom is -0.473 e. The maximum Gasteiger partial charge on any atom is 0.234 e. The Kier molecular flexibility index (Phi) is 5.32. The van der Waals surface area contributed by atoms with E-state index in [1.54, 1.807) is 6.20 Å². The van der Waals surface area contributed by atoms with Gasteiger partial charge in [0.1, 0.15) is 18.3 Å². The highest BCUT2D eigenvalue weighted by atomic mass is 16.5. The molecule has 2 aliphatic rings. The Morgan fingerprint density at radius 3 is 2.65 bits per heavy atom. The second kappa shape index (κ2) is 8.01. The zero-order chi connectivity index (χ0) is 17.8. The average Bonchev–Trinajstić information content (AvgIpc) is 3.18. The highest BCUT2D eigenvalue weighted by Gasteiger charge is 2.25. The van der Waals surface area contributed by atoms with E-state index in [0.29, 0.717) is 17.9 Å². The Morgan fingerprint density at radius 1 is 1.08 bits per heavy atom. The van der Waals surface area contributed by atoms with Crippen molar-refractivity contribution in [1.29, 1.82) is 0 Å². The van der Waals surface area contributed by atoms with Crippen molar-refractivity contribution in [3.63, 3.8) is 0 Å². The summed E-state index contributed by atoms with van der Waals surface area (Å²) in [6.07, 6.45) is 14.0. The van der Waals surface area contributed by atoms with Crippen molar-refractivity contribution in [3.05, 3.63) is 24.5 Å². The van der Waals surface area contributed by atoms with Crippen LogP contribution < -0.4 is 9.64 Å². The first-order chi connectivity index (χ1) is 12.8. The van der Waals surface area contributed by atoms with Gasteiger partial charge in [-0.2, -0.15) is 4.98 Å². The van der Waals surface area contributed by atoms with Crippen LogP contribution in [0.5, 0.6) is 5.88 Å². The Morgan fingerprint density at radius 2 is 1.88 bits per heavy atom. The molecule has 26 heavy (non-hydrogen) atoms. The molecule has 0 spiro atoms. The number of anilines is 1. The molecule has 7 nitrogen and oxygen atoms in total. The number of piperidine rings is 1. The van der Waals surface area contributed by atoms with E-state index in [4.69, 9.17) is 9.72 Å². The van der Waals surface area contributed by atoms with Crippen LogP contribution >= 0.6 is 0 Å². The molecule has 1 saturated heterocycles. The lowest BCUT2D eigenvalue weighted by molar-refractivity contribution is 0.148. The van der Waals surface area contributed by atoms with Gasteiger partial charge < -0.3 is 14.2 Å². The number of aryl methyl sites for hydroxylation is 1. The molecule has 1 saturated carbocycles. The fraction of sp³-hybridized carbons (Fsp3) is 0.684. The van der Waals surface area contributed by atoms with E-state index >= 15 is 0 Å². The van der Waals surface area contributed by atoms with Gasteiger partial charge in [-0.25, -0.2) is 0 Å². The first-order valence-corrected chi connectivity index (χ1v) is 9.95. The summed E-state index contributed by atoms with van der Waals surface area (Å²) in [4.78, 5) is 11.4. The first kappa shape index (κ1) is 17.2. The summed E-state index contributed by atoms with van der Waals surface area (Å²) in [7, 11) is 0. The van der Waals surface area contributed by atoms with Crippen LogP contribution in [0.25, 0.3) is 0 Å². The lowest BCUT2D eigenvalue weighted by Gasteiger charge is -2.32. The van der Waals surface area contributed by atoms with Gasteiger partial charge in [0.2, 0.25) is 5.88 Å². The Hall–Kier alpha value is -2.18. The van der Waals surface area contributed by atoms with Gasteiger partial charge in [-0.15, -0.1) is 10.2 Å². The summed E-state index contributed by atoms with van der Waals surface area (Å²) in [5.41, 5.74) is 0. The number of aromatic nitrogens is 5. The summed E-state index contributed by atoms with van der Waals surface area (Å²) in [5.74, 6) is 3.19.